The number of benzene rings is 1. The molecule has 0 fully saturated rings. The lowest BCUT2D eigenvalue weighted by Crippen LogP contribution is -2.13. The average Bonchev–Trinajstić information content (AvgIpc) is 2.49. The predicted molar refractivity (Wildman–Crippen MR) is 82.6 cm³/mol. The second-order valence-corrected chi connectivity index (χ2v) is 5.15. The number of hydrogen-bond acceptors (Lipinski definition) is 5. The van der Waals surface area contributed by atoms with Crippen LogP contribution in [0.5, 0.6) is 11.6 Å². The Bertz CT molecular complexity index is 664. The first-order valence-corrected chi connectivity index (χ1v) is 7.06. The number of rotatable bonds is 5. The van der Waals surface area contributed by atoms with Gasteiger partial charge in [-0.25, -0.2) is 4.98 Å². The molecule has 1 heterocycles. The van der Waals surface area contributed by atoms with Gasteiger partial charge in [0.25, 0.3) is 5.69 Å². The number of pyridine rings is 1. The van der Waals surface area contributed by atoms with Gasteiger partial charge >= 0.3 is 0 Å². The largest absolute Gasteiger partial charge is 0.437 e. The third kappa shape index (κ3) is 3.37. The standard InChI is InChI=1S/C14H14BrN3O3/c1-9(16-2)10-5-4-8-17-14(10)21-12-7-3-6-11(13(12)15)18(19)20/h3-9,16H,1-2H3. The summed E-state index contributed by atoms with van der Waals surface area (Å²) in [6, 6.07) is 8.40. The molecule has 0 amide bonds. The molecule has 2 rings (SSSR count). The molecule has 0 aliphatic rings. The first kappa shape index (κ1) is 15.4. The van der Waals surface area contributed by atoms with Crippen molar-refractivity contribution in [3.8, 4) is 11.6 Å². The SMILES string of the molecule is CNC(C)c1cccnc1Oc1cccc([N+](=O)[O-])c1Br. The molecule has 1 atom stereocenters. The summed E-state index contributed by atoms with van der Waals surface area (Å²) in [4.78, 5) is 14.7. The van der Waals surface area contributed by atoms with Gasteiger partial charge in [0.1, 0.15) is 4.47 Å². The van der Waals surface area contributed by atoms with Crippen molar-refractivity contribution >= 4 is 21.6 Å². The maximum atomic E-state index is 10.9. The van der Waals surface area contributed by atoms with E-state index in [1.54, 1.807) is 18.3 Å². The number of nitro groups is 1. The van der Waals surface area contributed by atoms with Crippen LogP contribution in [0, 0.1) is 10.1 Å². The topological polar surface area (TPSA) is 77.3 Å². The number of halogens is 1. The summed E-state index contributed by atoms with van der Waals surface area (Å²) in [6.45, 7) is 1.98. The van der Waals surface area contributed by atoms with E-state index < -0.39 is 4.92 Å². The van der Waals surface area contributed by atoms with E-state index >= 15 is 0 Å². The van der Waals surface area contributed by atoms with Gasteiger partial charge in [-0.05, 0) is 42.0 Å². The molecule has 6 nitrogen and oxygen atoms in total. The molecule has 1 aromatic carbocycles. The first-order valence-electron chi connectivity index (χ1n) is 6.27. The minimum Gasteiger partial charge on any atom is -0.437 e. The van der Waals surface area contributed by atoms with Crippen LogP contribution in [0.25, 0.3) is 0 Å². The second kappa shape index (κ2) is 6.64. The summed E-state index contributed by atoms with van der Waals surface area (Å²) in [5.74, 6) is 0.771. The van der Waals surface area contributed by atoms with Crippen LogP contribution in [0.2, 0.25) is 0 Å². The van der Waals surface area contributed by atoms with Crippen LogP contribution in [-0.2, 0) is 0 Å². The fourth-order valence-electron chi connectivity index (χ4n) is 1.80. The molecule has 0 aliphatic heterocycles. The van der Waals surface area contributed by atoms with Gasteiger partial charge in [-0.1, -0.05) is 12.1 Å². The number of ether oxygens (including phenoxy) is 1. The zero-order chi connectivity index (χ0) is 15.4. The summed E-state index contributed by atoms with van der Waals surface area (Å²) in [6.07, 6.45) is 1.62. The summed E-state index contributed by atoms with van der Waals surface area (Å²) in [5.41, 5.74) is 0.824. The minimum atomic E-state index is -0.466. The molecule has 0 aliphatic carbocycles. The van der Waals surface area contributed by atoms with E-state index in [1.165, 1.54) is 6.07 Å². The highest BCUT2D eigenvalue weighted by atomic mass is 79.9. The van der Waals surface area contributed by atoms with E-state index in [0.717, 1.165) is 5.56 Å². The predicted octanol–water partition coefficient (Wildman–Crippen LogP) is 3.83. The molecular formula is C14H14BrN3O3. The van der Waals surface area contributed by atoms with E-state index in [2.05, 4.69) is 26.2 Å². The number of nitro benzene ring substituents is 1. The molecule has 21 heavy (non-hydrogen) atoms. The van der Waals surface area contributed by atoms with Gasteiger partial charge in [0.05, 0.1) is 4.92 Å². The summed E-state index contributed by atoms with van der Waals surface area (Å²) < 4.78 is 6.05. The van der Waals surface area contributed by atoms with Crippen LogP contribution in [0.4, 0.5) is 5.69 Å². The lowest BCUT2D eigenvalue weighted by Gasteiger charge is -2.15. The Morgan fingerprint density at radius 2 is 2.14 bits per heavy atom. The van der Waals surface area contributed by atoms with Gasteiger partial charge in [-0.15, -0.1) is 0 Å². The summed E-state index contributed by atoms with van der Waals surface area (Å²) >= 11 is 3.21. The zero-order valence-electron chi connectivity index (χ0n) is 11.5. The van der Waals surface area contributed by atoms with Gasteiger partial charge in [0.2, 0.25) is 5.88 Å². The number of nitrogens with one attached hydrogen (secondary N) is 1. The third-order valence-corrected chi connectivity index (χ3v) is 3.84. The highest BCUT2D eigenvalue weighted by molar-refractivity contribution is 9.10. The van der Waals surface area contributed by atoms with E-state index in [1.807, 2.05) is 26.1 Å². The van der Waals surface area contributed by atoms with Crippen molar-refractivity contribution in [1.82, 2.24) is 10.3 Å². The van der Waals surface area contributed by atoms with Gasteiger partial charge in [0, 0.05) is 23.9 Å². The molecule has 1 unspecified atom stereocenters. The molecule has 0 saturated carbocycles. The normalized spacial score (nSPS) is 12.0. The van der Waals surface area contributed by atoms with Crippen molar-refractivity contribution in [1.29, 1.82) is 0 Å². The van der Waals surface area contributed by atoms with Crippen molar-refractivity contribution in [2.45, 2.75) is 13.0 Å². The fraction of sp³-hybridized carbons (Fsp3) is 0.214. The van der Waals surface area contributed by atoms with Gasteiger partial charge in [-0.2, -0.15) is 0 Å². The van der Waals surface area contributed by atoms with Crippen molar-refractivity contribution < 1.29 is 9.66 Å². The smallest absolute Gasteiger partial charge is 0.287 e. The van der Waals surface area contributed by atoms with Gasteiger partial charge in [-0.3, -0.25) is 10.1 Å². The molecule has 110 valence electrons. The molecule has 0 radical (unpaired) electrons. The van der Waals surface area contributed by atoms with Crippen LogP contribution in [-0.4, -0.2) is 17.0 Å². The Balaban J connectivity index is 2.40. The fourth-order valence-corrected chi connectivity index (χ4v) is 2.29. The van der Waals surface area contributed by atoms with Crippen molar-refractivity contribution in [2.75, 3.05) is 7.05 Å². The molecule has 0 spiro atoms. The Morgan fingerprint density at radius 3 is 2.81 bits per heavy atom. The van der Waals surface area contributed by atoms with Crippen molar-refractivity contribution in [3.05, 3.63) is 56.7 Å². The zero-order valence-corrected chi connectivity index (χ0v) is 13.1. The molecule has 2 aromatic rings. The lowest BCUT2D eigenvalue weighted by molar-refractivity contribution is -0.385. The van der Waals surface area contributed by atoms with Crippen LogP contribution in [0.3, 0.4) is 0 Å². The minimum absolute atomic E-state index is 0.0474. The van der Waals surface area contributed by atoms with E-state index in [4.69, 9.17) is 4.74 Å². The summed E-state index contributed by atoms with van der Waals surface area (Å²) in [7, 11) is 1.84. The van der Waals surface area contributed by atoms with Crippen molar-refractivity contribution in [3.63, 3.8) is 0 Å². The number of hydrogen-bond donors (Lipinski definition) is 1. The third-order valence-electron chi connectivity index (χ3n) is 3.05. The molecule has 1 N–H and O–H groups in total. The second-order valence-electron chi connectivity index (χ2n) is 4.36. The molecule has 1 aromatic heterocycles. The van der Waals surface area contributed by atoms with Gasteiger partial charge < -0.3 is 10.1 Å². The Kier molecular flexibility index (Phi) is 4.87. The average molecular weight is 352 g/mol. The maximum absolute atomic E-state index is 10.9. The van der Waals surface area contributed by atoms with Crippen molar-refractivity contribution in [2.24, 2.45) is 0 Å². The lowest BCUT2D eigenvalue weighted by atomic mass is 10.1. The van der Waals surface area contributed by atoms with Gasteiger partial charge in [0.15, 0.2) is 5.75 Å². The Hall–Kier alpha value is -1.99. The molecule has 7 heteroatoms. The van der Waals surface area contributed by atoms with Crippen LogP contribution in [0.15, 0.2) is 41.0 Å². The summed E-state index contributed by atoms with van der Waals surface area (Å²) in [5, 5.41) is 14.1. The molecule has 0 saturated heterocycles. The van der Waals surface area contributed by atoms with Crippen LogP contribution >= 0.6 is 15.9 Å². The highest BCUT2D eigenvalue weighted by Gasteiger charge is 2.18. The van der Waals surface area contributed by atoms with E-state index in [-0.39, 0.29) is 11.7 Å². The number of aromatic nitrogens is 1. The Labute approximate surface area is 130 Å². The molecular weight excluding hydrogens is 338 g/mol. The molecule has 0 bridgehead atoms. The number of nitrogens with zero attached hydrogens (tertiary/aromatic N) is 2. The monoisotopic (exact) mass is 351 g/mol. The first-order chi connectivity index (χ1) is 10.0. The van der Waals surface area contributed by atoms with E-state index in [0.29, 0.717) is 16.1 Å². The van der Waals surface area contributed by atoms with Crippen LogP contribution < -0.4 is 10.1 Å². The van der Waals surface area contributed by atoms with E-state index in [9.17, 15) is 10.1 Å². The maximum Gasteiger partial charge on any atom is 0.287 e. The van der Waals surface area contributed by atoms with Crippen LogP contribution in [0.1, 0.15) is 18.5 Å². The highest BCUT2D eigenvalue weighted by Crippen LogP contribution is 2.37. The quantitative estimate of drug-likeness (QED) is 0.654. The Morgan fingerprint density at radius 1 is 1.38 bits per heavy atom.